The van der Waals surface area contributed by atoms with Gasteiger partial charge in [-0.1, -0.05) is 32.9 Å². The highest BCUT2D eigenvalue weighted by molar-refractivity contribution is 5.89. The molecule has 1 unspecified atom stereocenters. The summed E-state index contributed by atoms with van der Waals surface area (Å²) in [6.07, 6.45) is 0.677. The number of aliphatic hydroxyl groups is 2. The quantitative estimate of drug-likeness (QED) is 0.322. The van der Waals surface area contributed by atoms with Gasteiger partial charge in [-0.05, 0) is 43.0 Å². The number of ether oxygens (including phenoxy) is 1. The summed E-state index contributed by atoms with van der Waals surface area (Å²) in [6, 6.07) is 7.96. The van der Waals surface area contributed by atoms with Gasteiger partial charge >= 0.3 is 6.03 Å². The average Bonchev–Trinajstić information content (AvgIpc) is 3.38. The molecule has 5 rings (SSSR count). The number of hydrogen-bond acceptors (Lipinski definition) is 9. The largest absolute Gasteiger partial charge is 0.387 e. The molecule has 6 N–H and O–H groups in total. The van der Waals surface area contributed by atoms with Crippen LogP contribution in [0.3, 0.4) is 0 Å². The number of urea groups is 1. The number of aliphatic hydroxyl groups excluding tert-OH is 2. The van der Waals surface area contributed by atoms with E-state index in [1.165, 1.54) is 18.2 Å². The number of hydrogen-bond donors (Lipinski definition) is 5. The van der Waals surface area contributed by atoms with Gasteiger partial charge in [0.15, 0.2) is 17.7 Å². The van der Waals surface area contributed by atoms with Gasteiger partial charge < -0.3 is 36.2 Å². The number of rotatable bonds is 6. The van der Waals surface area contributed by atoms with Gasteiger partial charge in [-0.2, -0.15) is 0 Å². The Morgan fingerprint density at radius 2 is 1.87 bits per heavy atom. The van der Waals surface area contributed by atoms with E-state index in [0.717, 1.165) is 18.5 Å². The molecule has 2 amide bonds. The zero-order chi connectivity index (χ0) is 27.2. The SMILES string of the molecule is CN(C[C@H]1OC(n2cnc3c(N)ncnc32)[C@H](O)[C@@H]1O)C1CC(NC(=O)Nc2ccc(C(C)(C)C)cc2)C1. The molecule has 1 aromatic carbocycles. The lowest BCUT2D eigenvalue weighted by Gasteiger charge is -2.42. The number of nitrogens with two attached hydrogens (primary N) is 1. The van der Waals surface area contributed by atoms with Crippen LogP contribution in [0, 0.1) is 0 Å². The predicted molar refractivity (Wildman–Crippen MR) is 142 cm³/mol. The summed E-state index contributed by atoms with van der Waals surface area (Å²) in [4.78, 5) is 26.9. The van der Waals surface area contributed by atoms with Gasteiger partial charge in [0, 0.05) is 24.3 Å². The number of fused-ring (bicyclic) bond motifs is 1. The molecule has 3 aromatic rings. The van der Waals surface area contributed by atoms with E-state index < -0.39 is 24.5 Å². The van der Waals surface area contributed by atoms with Gasteiger partial charge in [0.1, 0.15) is 30.2 Å². The van der Waals surface area contributed by atoms with Crippen LogP contribution in [0.2, 0.25) is 0 Å². The predicted octanol–water partition coefficient (Wildman–Crippen LogP) is 1.61. The van der Waals surface area contributed by atoms with Crippen molar-refractivity contribution in [1.82, 2.24) is 29.7 Å². The fraction of sp³-hybridized carbons (Fsp3) is 0.538. The Morgan fingerprint density at radius 3 is 2.55 bits per heavy atom. The molecule has 4 atom stereocenters. The summed E-state index contributed by atoms with van der Waals surface area (Å²) < 4.78 is 7.62. The molecule has 0 spiro atoms. The molecule has 1 saturated heterocycles. The monoisotopic (exact) mass is 524 g/mol. The van der Waals surface area contributed by atoms with Crippen LogP contribution in [0.1, 0.15) is 45.4 Å². The topological polar surface area (TPSA) is 164 Å². The van der Waals surface area contributed by atoms with Crippen LogP contribution in [0.5, 0.6) is 0 Å². The van der Waals surface area contributed by atoms with Crippen LogP contribution in [0.25, 0.3) is 11.2 Å². The van der Waals surface area contributed by atoms with Gasteiger partial charge in [0.05, 0.1) is 6.33 Å². The Morgan fingerprint density at radius 1 is 1.16 bits per heavy atom. The van der Waals surface area contributed by atoms with E-state index in [2.05, 4.69) is 51.3 Å². The van der Waals surface area contributed by atoms with Crippen molar-refractivity contribution in [2.45, 2.75) is 75.7 Å². The number of nitrogen functional groups attached to an aromatic ring is 1. The number of carbonyl (C=O) groups is 1. The molecule has 12 nitrogen and oxygen atoms in total. The smallest absolute Gasteiger partial charge is 0.319 e. The van der Waals surface area contributed by atoms with Crippen molar-refractivity contribution in [2.75, 3.05) is 24.6 Å². The minimum absolute atomic E-state index is 0.0592. The first-order valence-corrected chi connectivity index (χ1v) is 12.8. The summed E-state index contributed by atoms with van der Waals surface area (Å²) in [7, 11) is 1.95. The van der Waals surface area contributed by atoms with E-state index in [0.29, 0.717) is 17.7 Å². The van der Waals surface area contributed by atoms with Crippen molar-refractivity contribution in [2.24, 2.45) is 0 Å². The Labute approximate surface area is 221 Å². The average molecular weight is 525 g/mol. The van der Waals surface area contributed by atoms with Crippen molar-refractivity contribution < 1.29 is 19.7 Å². The normalized spacial score (nSPS) is 27.4. The number of likely N-dealkylation sites (N-methyl/N-ethyl adjacent to an activating group) is 1. The zero-order valence-electron chi connectivity index (χ0n) is 22.1. The van der Waals surface area contributed by atoms with E-state index in [4.69, 9.17) is 10.5 Å². The standard InChI is InChI=1S/C26H36N8O4/c1-26(2,3)14-5-7-15(8-6-14)31-25(37)32-16-9-17(10-16)33(4)11-18-20(35)21(36)24(38-18)34-13-30-19-22(27)28-12-29-23(19)34/h5-8,12-13,16-18,20-21,24,35-36H,9-11H2,1-4H3,(H2,27,28,29)(H2,31,32,37)/t16?,17?,18-,20-,21-,24?/m1/s1. The van der Waals surface area contributed by atoms with Gasteiger partial charge in [-0.15, -0.1) is 0 Å². The van der Waals surface area contributed by atoms with E-state index in [1.807, 2.05) is 31.3 Å². The minimum atomic E-state index is -1.15. The number of carbonyl (C=O) groups excluding carboxylic acids is 1. The molecule has 1 saturated carbocycles. The highest BCUT2D eigenvalue weighted by Crippen LogP contribution is 2.34. The van der Waals surface area contributed by atoms with E-state index in [1.54, 1.807) is 4.57 Å². The van der Waals surface area contributed by atoms with Crippen LogP contribution < -0.4 is 16.4 Å². The van der Waals surface area contributed by atoms with Crippen molar-refractivity contribution in [3.63, 3.8) is 0 Å². The van der Waals surface area contributed by atoms with Crippen molar-refractivity contribution in [1.29, 1.82) is 0 Å². The Hall–Kier alpha value is -3.32. The number of aromatic nitrogens is 4. The lowest BCUT2D eigenvalue weighted by Crippen LogP contribution is -2.55. The van der Waals surface area contributed by atoms with E-state index in [9.17, 15) is 15.0 Å². The third-order valence-electron chi connectivity index (χ3n) is 7.55. The summed E-state index contributed by atoms with van der Waals surface area (Å²) in [6.45, 7) is 6.88. The highest BCUT2D eigenvalue weighted by Gasteiger charge is 2.46. The first-order chi connectivity index (χ1) is 18.0. The highest BCUT2D eigenvalue weighted by atomic mass is 16.6. The maximum absolute atomic E-state index is 12.5. The second-order valence-electron chi connectivity index (χ2n) is 11.3. The van der Waals surface area contributed by atoms with Crippen molar-refractivity contribution >= 4 is 28.7 Å². The lowest BCUT2D eigenvalue weighted by atomic mass is 9.85. The third-order valence-corrected chi connectivity index (χ3v) is 7.55. The van der Waals surface area contributed by atoms with Crippen LogP contribution in [-0.4, -0.2) is 84.7 Å². The number of nitrogens with one attached hydrogen (secondary N) is 2. The molecule has 1 aliphatic heterocycles. The summed E-state index contributed by atoms with van der Waals surface area (Å²) in [5.74, 6) is 0.235. The van der Waals surface area contributed by atoms with Crippen molar-refractivity contribution in [3.05, 3.63) is 42.5 Å². The summed E-state index contributed by atoms with van der Waals surface area (Å²) >= 11 is 0. The number of amides is 2. The molecule has 38 heavy (non-hydrogen) atoms. The fourth-order valence-corrected chi connectivity index (χ4v) is 5.07. The number of anilines is 2. The van der Waals surface area contributed by atoms with Gasteiger partial charge in [0.2, 0.25) is 0 Å². The molecule has 204 valence electrons. The molecule has 1 aliphatic carbocycles. The van der Waals surface area contributed by atoms with Gasteiger partial charge in [0.25, 0.3) is 0 Å². The lowest BCUT2D eigenvalue weighted by molar-refractivity contribution is -0.0494. The Balaban J connectivity index is 1.10. The maximum Gasteiger partial charge on any atom is 0.319 e. The molecule has 3 heterocycles. The van der Waals surface area contributed by atoms with Crippen LogP contribution in [0.15, 0.2) is 36.9 Å². The Kier molecular flexibility index (Phi) is 6.99. The molecular formula is C26H36N8O4. The molecule has 0 radical (unpaired) electrons. The first kappa shape index (κ1) is 26.3. The molecule has 2 fully saturated rings. The minimum Gasteiger partial charge on any atom is -0.387 e. The van der Waals surface area contributed by atoms with E-state index in [-0.39, 0.29) is 29.3 Å². The molecular weight excluding hydrogens is 488 g/mol. The molecule has 2 aliphatic rings. The van der Waals surface area contributed by atoms with Crippen LogP contribution >= 0.6 is 0 Å². The van der Waals surface area contributed by atoms with E-state index >= 15 is 0 Å². The summed E-state index contributed by atoms with van der Waals surface area (Å²) in [5, 5.41) is 27.3. The number of imidazole rings is 1. The third kappa shape index (κ3) is 5.17. The maximum atomic E-state index is 12.5. The molecule has 0 bridgehead atoms. The van der Waals surface area contributed by atoms with Gasteiger partial charge in [-0.3, -0.25) is 4.57 Å². The number of nitrogens with zero attached hydrogens (tertiary/aromatic N) is 5. The fourth-order valence-electron chi connectivity index (χ4n) is 5.07. The van der Waals surface area contributed by atoms with Crippen LogP contribution in [-0.2, 0) is 10.2 Å². The molecule has 12 heteroatoms. The van der Waals surface area contributed by atoms with Gasteiger partial charge in [-0.25, -0.2) is 19.7 Å². The second kappa shape index (κ2) is 10.1. The second-order valence-corrected chi connectivity index (χ2v) is 11.3. The van der Waals surface area contributed by atoms with Crippen LogP contribution in [0.4, 0.5) is 16.3 Å². The zero-order valence-corrected chi connectivity index (χ0v) is 22.1. The first-order valence-electron chi connectivity index (χ1n) is 12.8. The summed E-state index contributed by atoms with van der Waals surface area (Å²) in [5.41, 5.74) is 8.73. The van der Waals surface area contributed by atoms with Crippen molar-refractivity contribution in [3.8, 4) is 0 Å². The Bertz CT molecular complexity index is 1280. The number of benzene rings is 1. The molecule has 2 aromatic heterocycles.